The van der Waals surface area contributed by atoms with Crippen LogP contribution in [0.15, 0.2) is 24.3 Å². The molecule has 2 bridgehead atoms. The largest absolute Gasteiger partial charge is 0.216 e. The number of rotatable bonds is 4. The predicted octanol–water partition coefficient (Wildman–Crippen LogP) is 2.95. The molecule has 19 heavy (non-hydrogen) atoms. The van der Waals surface area contributed by atoms with Crippen LogP contribution in [-0.4, -0.2) is 14.5 Å². The summed E-state index contributed by atoms with van der Waals surface area (Å²) in [6.45, 7) is 0. The van der Waals surface area contributed by atoms with Gasteiger partial charge in [-0.3, -0.25) is 0 Å². The zero-order valence-corrected chi connectivity index (χ0v) is 12.3. The van der Waals surface area contributed by atoms with E-state index in [9.17, 15) is 8.42 Å². The summed E-state index contributed by atoms with van der Waals surface area (Å²) < 4.78 is 27.3. The van der Waals surface area contributed by atoms with Gasteiger partial charge >= 0.3 is 0 Å². The summed E-state index contributed by atoms with van der Waals surface area (Å²) in [4.78, 5) is 0. The first kappa shape index (κ1) is 13.4. The first-order valence-corrected chi connectivity index (χ1v) is 8.80. The standard InChI is InChI=1S/C14H18ClNO2S/c15-13-4-2-1-3-12(13)9-19(17,18)16-14-8-10-5-6-11(14)7-10/h1-4,10-11,14,16H,5-9H2/t10-,11-,14-/m1/s1. The molecule has 0 aromatic heterocycles. The van der Waals surface area contributed by atoms with Crippen LogP contribution in [0.4, 0.5) is 0 Å². The maximum absolute atomic E-state index is 12.2. The highest BCUT2D eigenvalue weighted by Crippen LogP contribution is 2.44. The molecule has 0 heterocycles. The third kappa shape index (κ3) is 2.96. The molecular weight excluding hydrogens is 282 g/mol. The number of fused-ring (bicyclic) bond motifs is 2. The van der Waals surface area contributed by atoms with Crippen LogP contribution in [0, 0.1) is 11.8 Å². The van der Waals surface area contributed by atoms with E-state index in [2.05, 4.69) is 4.72 Å². The second-order valence-corrected chi connectivity index (χ2v) is 7.91. The first-order chi connectivity index (χ1) is 9.03. The third-order valence-electron chi connectivity index (χ3n) is 4.37. The Bertz CT molecular complexity index is 573. The van der Waals surface area contributed by atoms with E-state index in [0.29, 0.717) is 16.5 Å². The number of sulfonamides is 1. The average Bonchev–Trinajstić information content (AvgIpc) is 2.93. The summed E-state index contributed by atoms with van der Waals surface area (Å²) in [6, 6.07) is 7.26. The van der Waals surface area contributed by atoms with Crippen molar-refractivity contribution in [3.63, 3.8) is 0 Å². The molecule has 0 spiro atoms. The summed E-state index contributed by atoms with van der Waals surface area (Å²) in [7, 11) is -3.30. The van der Waals surface area contributed by atoms with Crippen LogP contribution >= 0.6 is 11.6 Å². The Kier molecular flexibility index (Phi) is 3.58. The Balaban J connectivity index is 1.68. The minimum Gasteiger partial charge on any atom is -0.212 e. The van der Waals surface area contributed by atoms with Gasteiger partial charge in [0.1, 0.15) is 0 Å². The van der Waals surface area contributed by atoms with Gasteiger partial charge in [0.25, 0.3) is 0 Å². The number of halogens is 1. The van der Waals surface area contributed by atoms with E-state index in [4.69, 9.17) is 11.6 Å². The predicted molar refractivity (Wildman–Crippen MR) is 76.4 cm³/mol. The molecule has 3 rings (SSSR count). The van der Waals surface area contributed by atoms with Crippen molar-refractivity contribution in [3.8, 4) is 0 Å². The normalized spacial score (nSPS) is 29.8. The van der Waals surface area contributed by atoms with Crippen LogP contribution in [0.2, 0.25) is 5.02 Å². The van der Waals surface area contributed by atoms with Gasteiger partial charge < -0.3 is 0 Å². The molecular formula is C14H18ClNO2S. The van der Waals surface area contributed by atoms with E-state index in [1.165, 1.54) is 19.3 Å². The van der Waals surface area contributed by atoms with Gasteiger partial charge in [0.2, 0.25) is 10.0 Å². The van der Waals surface area contributed by atoms with Crippen molar-refractivity contribution in [1.82, 2.24) is 4.72 Å². The van der Waals surface area contributed by atoms with Gasteiger partial charge in [-0.2, -0.15) is 0 Å². The fraction of sp³-hybridized carbons (Fsp3) is 0.571. The highest BCUT2D eigenvalue weighted by molar-refractivity contribution is 7.88. The summed E-state index contributed by atoms with van der Waals surface area (Å²) in [5.74, 6) is 1.25. The number of benzene rings is 1. The van der Waals surface area contributed by atoms with Gasteiger partial charge in [0.15, 0.2) is 0 Å². The summed E-state index contributed by atoms with van der Waals surface area (Å²) >= 11 is 6.02. The Labute approximate surface area is 119 Å². The number of hydrogen-bond donors (Lipinski definition) is 1. The summed E-state index contributed by atoms with van der Waals surface area (Å²) in [5, 5.41) is 0.515. The fourth-order valence-electron chi connectivity index (χ4n) is 3.48. The van der Waals surface area contributed by atoms with Crippen LogP contribution in [0.5, 0.6) is 0 Å². The summed E-state index contributed by atoms with van der Waals surface area (Å²) in [5.41, 5.74) is 0.667. The maximum Gasteiger partial charge on any atom is 0.216 e. The van der Waals surface area contributed by atoms with E-state index in [-0.39, 0.29) is 11.8 Å². The van der Waals surface area contributed by atoms with Crippen molar-refractivity contribution in [2.45, 2.75) is 37.5 Å². The fourth-order valence-corrected chi connectivity index (χ4v) is 5.26. The smallest absolute Gasteiger partial charge is 0.212 e. The topological polar surface area (TPSA) is 46.2 Å². The highest BCUT2D eigenvalue weighted by Gasteiger charge is 2.41. The zero-order valence-electron chi connectivity index (χ0n) is 10.7. The molecule has 0 unspecified atom stereocenters. The molecule has 2 saturated carbocycles. The molecule has 1 N–H and O–H groups in total. The Morgan fingerprint density at radius 1 is 1.21 bits per heavy atom. The quantitative estimate of drug-likeness (QED) is 0.929. The van der Waals surface area contributed by atoms with Crippen molar-refractivity contribution in [2.75, 3.05) is 0 Å². The molecule has 1 aromatic carbocycles. The van der Waals surface area contributed by atoms with E-state index in [1.54, 1.807) is 12.1 Å². The van der Waals surface area contributed by atoms with Crippen molar-refractivity contribution in [3.05, 3.63) is 34.9 Å². The minimum absolute atomic E-state index is 0.0272. The molecule has 0 radical (unpaired) electrons. The van der Waals surface area contributed by atoms with E-state index >= 15 is 0 Å². The van der Waals surface area contributed by atoms with Gasteiger partial charge in [-0.05, 0) is 42.7 Å². The molecule has 0 saturated heterocycles. The molecule has 0 aliphatic heterocycles. The highest BCUT2D eigenvalue weighted by atomic mass is 35.5. The summed E-state index contributed by atoms with van der Waals surface area (Å²) in [6.07, 6.45) is 4.64. The maximum atomic E-state index is 12.2. The molecule has 2 aliphatic rings. The Morgan fingerprint density at radius 3 is 2.63 bits per heavy atom. The lowest BCUT2D eigenvalue weighted by Crippen LogP contribution is -2.39. The Morgan fingerprint density at radius 2 is 2.00 bits per heavy atom. The minimum atomic E-state index is -3.30. The number of hydrogen-bond acceptors (Lipinski definition) is 2. The molecule has 3 atom stereocenters. The van der Waals surface area contributed by atoms with E-state index in [1.807, 2.05) is 12.1 Å². The lowest BCUT2D eigenvalue weighted by molar-refractivity contribution is 0.390. The van der Waals surface area contributed by atoms with Crippen LogP contribution in [0.1, 0.15) is 31.2 Å². The van der Waals surface area contributed by atoms with Gasteiger partial charge in [-0.25, -0.2) is 13.1 Å². The van der Waals surface area contributed by atoms with Crippen LogP contribution < -0.4 is 4.72 Å². The van der Waals surface area contributed by atoms with E-state index < -0.39 is 10.0 Å². The van der Waals surface area contributed by atoms with E-state index in [0.717, 1.165) is 12.3 Å². The second kappa shape index (κ2) is 5.08. The first-order valence-electron chi connectivity index (χ1n) is 6.77. The van der Waals surface area contributed by atoms with Crippen molar-refractivity contribution in [2.24, 2.45) is 11.8 Å². The molecule has 0 amide bonds. The van der Waals surface area contributed by atoms with Gasteiger partial charge in [0, 0.05) is 11.1 Å². The van der Waals surface area contributed by atoms with Crippen LogP contribution in [0.25, 0.3) is 0 Å². The van der Waals surface area contributed by atoms with Crippen LogP contribution in [-0.2, 0) is 15.8 Å². The molecule has 5 heteroatoms. The molecule has 2 aliphatic carbocycles. The van der Waals surface area contributed by atoms with Gasteiger partial charge in [-0.1, -0.05) is 36.2 Å². The second-order valence-electron chi connectivity index (χ2n) is 5.75. The zero-order chi connectivity index (χ0) is 13.5. The molecule has 1 aromatic rings. The number of nitrogens with one attached hydrogen (secondary N) is 1. The molecule has 2 fully saturated rings. The SMILES string of the molecule is O=S(=O)(Cc1ccccc1Cl)N[C@@H]1C[C@@H]2CC[C@@H]1C2. The van der Waals surface area contributed by atoms with Gasteiger partial charge in [0.05, 0.1) is 5.75 Å². The molecule has 3 nitrogen and oxygen atoms in total. The Hall–Kier alpha value is -0.580. The monoisotopic (exact) mass is 299 g/mol. The molecule has 104 valence electrons. The average molecular weight is 300 g/mol. The third-order valence-corrected chi connectivity index (χ3v) is 6.09. The van der Waals surface area contributed by atoms with Gasteiger partial charge in [-0.15, -0.1) is 0 Å². The lowest BCUT2D eigenvalue weighted by atomic mass is 9.96. The van der Waals surface area contributed by atoms with Crippen LogP contribution in [0.3, 0.4) is 0 Å². The van der Waals surface area contributed by atoms with Crippen molar-refractivity contribution < 1.29 is 8.42 Å². The lowest BCUT2D eigenvalue weighted by Gasteiger charge is -2.22. The van der Waals surface area contributed by atoms with Crippen molar-refractivity contribution in [1.29, 1.82) is 0 Å². The van der Waals surface area contributed by atoms with Crippen molar-refractivity contribution >= 4 is 21.6 Å².